The second kappa shape index (κ2) is 5.20. The van der Waals surface area contributed by atoms with Crippen LogP contribution in [0.3, 0.4) is 0 Å². The lowest BCUT2D eigenvalue weighted by Crippen LogP contribution is -2.33. The van der Waals surface area contributed by atoms with Gasteiger partial charge in [0.15, 0.2) is 0 Å². The highest BCUT2D eigenvalue weighted by Crippen LogP contribution is 2.20. The third kappa shape index (κ3) is 2.87. The van der Waals surface area contributed by atoms with Crippen molar-refractivity contribution < 1.29 is 4.74 Å². The number of ether oxygens (including phenoxy) is 1. The Morgan fingerprint density at radius 3 is 2.80 bits per heavy atom. The summed E-state index contributed by atoms with van der Waals surface area (Å²) in [4.78, 5) is 10.8. The van der Waals surface area contributed by atoms with Gasteiger partial charge >= 0.3 is 6.01 Å². The summed E-state index contributed by atoms with van der Waals surface area (Å²) in [5.41, 5.74) is 0. The van der Waals surface area contributed by atoms with Crippen LogP contribution in [0.15, 0.2) is 6.07 Å². The Morgan fingerprint density at radius 1 is 1.40 bits per heavy atom. The minimum Gasteiger partial charge on any atom is -0.467 e. The van der Waals surface area contributed by atoms with E-state index < -0.39 is 0 Å². The average Bonchev–Trinajstić information content (AvgIpc) is 2.29. The van der Waals surface area contributed by atoms with E-state index in [0.29, 0.717) is 6.01 Å². The van der Waals surface area contributed by atoms with Crippen LogP contribution in [0.1, 0.15) is 0 Å². The molecular formula is C9H12IN3OS. The van der Waals surface area contributed by atoms with E-state index in [-0.39, 0.29) is 0 Å². The Balaban J connectivity index is 2.22. The molecule has 1 aliphatic heterocycles. The van der Waals surface area contributed by atoms with Crippen molar-refractivity contribution >= 4 is 40.2 Å². The zero-order chi connectivity index (χ0) is 10.7. The van der Waals surface area contributed by atoms with Crippen molar-refractivity contribution in [3.05, 3.63) is 9.77 Å². The van der Waals surface area contributed by atoms with Gasteiger partial charge in [0.2, 0.25) is 0 Å². The van der Waals surface area contributed by atoms with E-state index in [1.807, 2.05) is 17.8 Å². The van der Waals surface area contributed by atoms with Crippen LogP contribution < -0.4 is 9.64 Å². The quantitative estimate of drug-likeness (QED) is 0.606. The molecule has 2 rings (SSSR count). The molecule has 0 atom stereocenters. The van der Waals surface area contributed by atoms with Crippen LogP contribution in [0.25, 0.3) is 0 Å². The lowest BCUT2D eigenvalue weighted by Gasteiger charge is -2.27. The van der Waals surface area contributed by atoms with Crippen LogP contribution in [0, 0.1) is 3.70 Å². The third-order valence-electron chi connectivity index (χ3n) is 2.18. The summed E-state index contributed by atoms with van der Waals surface area (Å²) in [6.45, 7) is 2.11. The number of rotatable bonds is 2. The molecule has 15 heavy (non-hydrogen) atoms. The summed E-state index contributed by atoms with van der Waals surface area (Å²) >= 11 is 4.18. The Kier molecular flexibility index (Phi) is 3.90. The Morgan fingerprint density at radius 2 is 2.13 bits per heavy atom. The first-order chi connectivity index (χ1) is 7.29. The maximum atomic E-state index is 5.07. The number of hydrogen-bond acceptors (Lipinski definition) is 5. The number of methoxy groups -OCH3 is 1. The summed E-state index contributed by atoms with van der Waals surface area (Å²) in [6.07, 6.45) is 0. The van der Waals surface area contributed by atoms with Gasteiger partial charge in [0.1, 0.15) is 9.52 Å². The SMILES string of the molecule is COc1nc(I)cc(N2CCSCC2)n1. The topological polar surface area (TPSA) is 38.2 Å². The predicted molar refractivity (Wildman–Crippen MR) is 70.8 cm³/mol. The molecule has 0 unspecified atom stereocenters. The molecule has 1 saturated heterocycles. The van der Waals surface area contributed by atoms with E-state index in [1.54, 1.807) is 7.11 Å². The minimum atomic E-state index is 0.454. The van der Waals surface area contributed by atoms with Gasteiger partial charge in [-0.1, -0.05) is 0 Å². The molecule has 6 heteroatoms. The highest BCUT2D eigenvalue weighted by Gasteiger charge is 2.14. The van der Waals surface area contributed by atoms with Gasteiger partial charge in [-0.15, -0.1) is 0 Å². The lowest BCUT2D eigenvalue weighted by molar-refractivity contribution is 0.378. The molecule has 1 aromatic rings. The van der Waals surface area contributed by atoms with Gasteiger partial charge in [0.05, 0.1) is 7.11 Å². The number of nitrogens with zero attached hydrogens (tertiary/aromatic N) is 3. The molecule has 1 aromatic heterocycles. The summed E-state index contributed by atoms with van der Waals surface area (Å²) in [5, 5.41) is 0. The van der Waals surface area contributed by atoms with Gasteiger partial charge in [0, 0.05) is 30.7 Å². The van der Waals surface area contributed by atoms with E-state index >= 15 is 0 Å². The Labute approximate surface area is 107 Å². The van der Waals surface area contributed by atoms with Crippen molar-refractivity contribution in [1.82, 2.24) is 9.97 Å². The fourth-order valence-electron chi connectivity index (χ4n) is 1.43. The monoisotopic (exact) mass is 337 g/mol. The maximum Gasteiger partial charge on any atom is 0.319 e. The van der Waals surface area contributed by atoms with Gasteiger partial charge in [-0.25, -0.2) is 0 Å². The first-order valence-electron chi connectivity index (χ1n) is 4.71. The second-order valence-electron chi connectivity index (χ2n) is 3.13. The zero-order valence-electron chi connectivity index (χ0n) is 8.44. The molecule has 0 aliphatic carbocycles. The summed E-state index contributed by atoms with van der Waals surface area (Å²) in [7, 11) is 1.60. The summed E-state index contributed by atoms with van der Waals surface area (Å²) in [5.74, 6) is 3.32. The van der Waals surface area contributed by atoms with Crippen LogP contribution in [0.5, 0.6) is 6.01 Å². The highest BCUT2D eigenvalue weighted by molar-refractivity contribution is 14.1. The second-order valence-corrected chi connectivity index (χ2v) is 5.46. The molecule has 0 saturated carbocycles. The molecule has 1 fully saturated rings. The number of aromatic nitrogens is 2. The van der Waals surface area contributed by atoms with Gasteiger partial charge < -0.3 is 9.64 Å². The summed E-state index contributed by atoms with van der Waals surface area (Å²) < 4.78 is 5.99. The lowest BCUT2D eigenvalue weighted by atomic mass is 10.4. The normalized spacial score (nSPS) is 16.5. The molecule has 4 nitrogen and oxygen atoms in total. The van der Waals surface area contributed by atoms with Crippen molar-refractivity contribution in [2.24, 2.45) is 0 Å². The largest absolute Gasteiger partial charge is 0.467 e. The number of anilines is 1. The van der Waals surface area contributed by atoms with Crippen molar-refractivity contribution in [2.75, 3.05) is 36.6 Å². The number of thioether (sulfide) groups is 1. The molecule has 2 heterocycles. The Bertz CT molecular complexity index is 344. The van der Waals surface area contributed by atoms with Crippen LogP contribution in [0.2, 0.25) is 0 Å². The number of hydrogen-bond donors (Lipinski definition) is 0. The van der Waals surface area contributed by atoms with Gasteiger partial charge in [-0.3, -0.25) is 0 Å². The first kappa shape index (κ1) is 11.3. The fraction of sp³-hybridized carbons (Fsp3) is 0.556. The average molecular weight is 337 g/mol. The van der Waals surface area contributed by atoms with Crippen LogP contribution in [-0.2, 0) is 0 Å². The van der Waals surface area contributed by atoms with Crippen molar-refractivity contribution in [1.29, 1.82) is 0 Å². The standard InChI is InChI=1S/C9H12IN3OS/c1-14-9-11-7(10)6-8(12-9)13-2-4-15-5-3-13/h6H,2-5H2,1H3. The molecular weight excluding hydrogens is 325 g/mol. The molecule has 0 aromatic carbocycles. The molecule has 0 radical (unpaired) electrons. The van der Waals surface area contributed by atoms with Crippen LogP contribution in [-0.4, -0.2) is 41.7 Å². The van der Waals surface area contributed by atoms with Gasteiger partial charge in [-0.2, -0.15) is 21.7 Å². The van der Waals surface area contributed by atoms with Crippen molar-refractivity contribution in [3.8, 4) is 6.01 Å². The maximum absolute atomic E-state index is 5.07. The van der Waals surface area contributed by atoms with Gasteiger partial charge in [0.25, 0.3) is 0 Å². The molecule has 0 spiro atoms. The van der Waals surface area contributed by atoms with E-state index in [0.717, 1.165) is 22.6 Å². The Hall–Kier alpha value is -0.240. The predicted octanol–water partition coefficient (Wildman–Crippen LogP) is 1.64. The van der Waals surface area contributed by atoms with E-state index in [4.69, 9.17) is 4.74 Å². The molecule has 82 valence electrons. The van der Waals surface area contributed by atoms with Crippen molar-refractivity contribution in [2.45, 2.75) is 0 Å². The molecule has 0 N–H and O–H groups in total. The van der Waals surface area contributed by atoms with E-state index in [2.05, 4.69) is 37.5 Å². The molecule has 1 aliphatic rings. The fourth-order valence-corrected chi connectivity index (χ4v) is 2.82. The van der Waals surface area contributed by atoms with Gasteiger partial charge in [-0.05, 0) is 22.6 Å². The van der Waals surface area contributed by atoms with Crippen LogP contribution >= 0.6 is 34.4 Å². The molecule has 0 bridgehead atoms. The zero-order valence-corrected chi connectivity index (χ0v) is 11.4. The molecule has 0 amide bonds. The van der Waals surface area contributed by atoms with E-state index in [9.17, 15) is 0 Å². The number of halogens is 1. The minimum absolute atomic E-state index is 0.454. The van der Waals surface area contributed by atoms with Crippen molar-refractivity contribution in [3.63, 3.8) is 0 Å². The van der Waals surface area contributed by atoms with E-state index in [1.165, 1.54) is 11.5 Å². The third-order valence-corrected chi connectivity index (χ3v) is 3.67. The smallest absolute Gasteiger partial charge is 0.319 e. The summed E-state index contributed by atoms with van der Waals surface area (Å²) in [6, 6.07) is 2.45. The van der Waals surface area contributed by atoms with Crippen LogP contribution in [0.4, 0.5) is 5.82 Å². The first-order valence-corrected chi connectivity index (χ1v) is 6.94. The highest BCUT2D eigenvalue weighted by atomic mass is 127.